The van der Waals surface area contributed by atoms with Gasteiger partial charge in [-0.25, -0.2) is 5.43 Å². The van der Waals surface area contributed by atoms with Crippen molar-refractivity contribution in [3.63, 3.8) is 0 Å². The van der Waals surface area contributed by atoms with Gasteiger partial charge >= 0.3 is 0 Å². The Labute approximate surface area is 124 Å². The van der Waals surface area contributed by atoms with Gasteiger partial charge in [0.1, 0.15) is 5.75 Å². The second-order valence-electron chi connectivity index (χ2n) is 5.45. The molecular weight excluding hydrogens is 268 g/mol. The lowest BCUT2D eigenvalue weighted by Crippen LogP contribution is -2.30. The molecule has 1 aromatic carbocycles. The Morgan fingerprint density at radius 1 is 1.29 bits per heavy atom. The number of carbonyl (C=O) groups is 1. The fraction of sp³-hybridized carbons (Fsp3) is 0.467. The summed E-state index contributed by atoms with van der Waals surface area (Å²) in [4.78, 5) is 11.8. The molecule has 0 radical (unpaired) electrons. The van der Waals surface area contributed by atoms with Crippen LogP contribution in [0.5, 0.6) is 5.75 Å². The molecule has 21 heavy (non-hydrogen) atoms. The number of amides is 1. The maximum atomic E-state index is 11.8. The predicted octanol–water partition coefficient (Wildman–Crippen LogP) is 1.12. The molecule has 0 aliphatic carbocycles. The number of benzene rings is 1. The van der Waals surface area contributed by atoms with Gasteiger partial charge in [-0.15, -0.1) is 0 Å². The highest BCUT2D eigenvalue weighted by atomic mass is 16.3. The van der Waals surface area contributed by atoms with E-state index in [1.54, 1.807) is 30.5 Å². The van der Waals surface area contributed by atoms with Gasteiger partial charge in [0.05, 0.1) is 6.21 Å². The summed E-state index contributed by atoms with van der Waals surface area (Å²) in [6, 6.07) is 7.34. The van der Waals surface area contributed by atoms with Gasteiger partial charge in [-0.05, 0) is 56.0 Å². The Balaban J connectivity index is 1.73. The molecular formula is C15H22N4O2. The summed E-state index contributed by atoms with van der Waals surface area (Å²) in [6.07, 6.45) is 2.83. The van der Waals surface area contributed by atoms with Crippen LogP contribution in [0.2, 0.25) is 0 Å². The molecule has 1 fully saturated rings. The number of hydrazone groups is 1. The summed E-state index contributed by atoms with van der Waals surface area (Å²) < 4.78 is 0. The normalized spacial score (nSPS) is 25.3. The van der Waals surface area contributed by atoms with Crippen LogP contribution in [0.3, 0.4) is 0 Å². The highest BCUT2D eigenvalue weighted by Crippen LogP contribution is 2.19. The van der Waals surface area contributed by atoms with Gasteiger partial charge in [-0.1, -0.05) is 0 Å². The number of carbonyl (C=O) groups excluding carboxylic acids is 1. The van der Waals surface area contributed by atoms with E-state index < -0.39 is 0 Å². The third kappa shape index (κ3) is 4.54. The van der Waals surface area contributed by atoms with Crippen molar-refractivity contribution in [2.45, 2.75) is 38.8 Å². The van der Waals surface area contributed by atoms with Gasteiger partial charge in [-0.2, -0.15) is 5.10 Å². The van der Waals surface area contributed by atoms with Gasteiger partial charge in [0.25, 0.3) is 0 Å². The molecule has 1 aliphatic heterocycles. The average molecular weight is 290 g/mol. The third-order valence-corrected chi connectivity index (χ3v) is 3.82. The van der Waals surface area contributed by atoms with E-state index in [1.807, 2.05) is 0 Å². The summed E-state index contributed by atoms with van der Waals surface area (Å²) in [6.45, 7) is 4.23. The van der Waals surface area contributed by atoms with E-state index in [0.717, 1.165) is 12.0 Å². The maximum absolute atomic E-state index is 11.8. The van der Waals surface area contributed by atoms with E-state index >= 15 is 0 Å². The molecule has 0 bridgehead atoms. The SMILES string of the molecule is CC1NNC(C)C1CCC(=O)N/N=C/c1ccc(O)cc1. The van der Waals surface area contributed by atoms with Crippen LogP contribution in [0.25, 0.3) is 0 Å². The Morgan fingerprint density at radius 3 is 2.52 bits per heavy atom. The van der Waals surface area contributed by atoms with Crippen LogP contribution in [-0.2, 0) is 4.79 Å². The zero-order chi connectivity index (χ0) is 15.2. The van der Waals surface area contributed by atoms with E-state index in [-0.39, 0.29) is 11.7 Å². The van der Waals surface area contributed by atoms with Crippen molar-refractivity contribution in [1.29, 1.82) is 0 Å². The van der Waals surface area contributed by atoms with E-state index in [4.69, 9.17) is 5.11 Å². The average Bonchev–Trinajstić information content (AvgIpc) is 2.78. The number of phenols is 1. The number of aromatic hydroxyl groups is 1. The van der Waals surface area contributed by atoms with E-state index in [0.29, 0.717) is 24.4 Å². The lowest BCUT2D eigenvalue weighted by molar-refractivity contribution is -0.121. The molecule has 2 atom stereocenters. The zero-order valence-corrected chi connectivity index (χ0v) is 12.3. The molecule has 0 saturated carbocycles. The number of hydrazine groups is 1. The van der Waals surface area contributed by atoms with Crippen molar-refractivity contribution in [3.8, 4) is 5.75 Å². The summed E-state index contributed by atoms with van der Waals surface area (Å²) in [5, 5.41) is 13.1. The molecule has 1 aliphatic rings. The highest BCUT2D eigenvalue weighted by molar-refractivity contribution is 5.82. The Hall–Kier alpha value is -1.92. The monoisotopic (exact) mass is 290 g/mol. The minimum Gasteiger partial charge on any atom is -0.508 e. The number of nitrogens with one attached hydrogen (secondary N) is 3. The molecule has 4 N–H and O–H groups in total. The summed E-state index contributed by atoms with van der Waals surface area (Å²) in [5.41, 5.74) is 9.71. The fourth-order valence-corrected chi connectivity index (χ4v) is 2.50. The fourth-order valence-electron chi connectivity index (χ4n) is 2.50. The first-order valence-corrected chi connectivity index (χ1v) is 7.18. The number of hydrogen-bond acceptors (Lipinski definition) is 5. The molecule has 1 aromatic rings. The van der Waals surface area contributed by atoms with Crippen molar-refractivity contribution in [2.24, 2.45) is 11.0 Å². The lowest BCUT2D eigenvalue weighted by Gasteiger charge is -2.16. The molecule has 0 spiro atoms. The summed E-state index contributed by atoms with van der Waals surface area (Å²) >= 11 is 0. The maximum Gasteiger partial charge on any atom is 0.240 e. The summed E-state index contributed by atoms with van der Waals surface area (Å²) in [7, 11) is 0. The van der Waals surface area contributed by atoms with E-state index in [2.05, 4.69) is 35.2 Å². The molecule has 114 valence electrons. The molecule has 2 rings (SSSR count). The van der Waals surface area contributed by atoms with Crippen molar-refractivity contribution < 1.29 is 9.90 Å². The number of hydrogen-bond donors (Lipinski definition) is 4. The van der Waals surface area contributed by atoms with E-state index in [1.165, 1.54) is 0 Å². The van der Waals surface area contributed by atoms with Crippen LogP contribution in [0.15, 0.2) is 29.4 Å². The molecule has 6 heteroatoms. The Morgan fingerprint density at radius 2 is 1.90 bits per heavy atom. The molecule has 0 aromatic heterocycles. The smallest absolute Gasteiger partial charge is 0.240 e. The largest absolute Gasteiger partial charge is 0.508 e. The predicted molar refractivity (Wildman–Crippen MR) is 81.8 cm³/mol. The van der Waals surface area contributed by atoms with Gasteiger partial charge in [-0.3, -0.25) is 15.6 Å². The van der Waals surface area contributed by atoms with Crippen LogP contribution >= 0.6 is 0 Å². The minimum absolute atomic E-state index is 0.0867. The lowest BCUT2D eigenvalue weighted by atomic mass is 9.91. The Kier molecular flexibility index (Phi) is 5.30. The van der Waals surface area contributed by atoms with E-state index in [9.17, 15) is 4.79 Å². The first-order valence-electron chi connectivity index (χ1n) is 7.18. The van der Waals surface area contributed by atoms with Crippen molar-refractivity contribution in [3.05, 3.63) is 29.8 Å². The molecule has 1 amide bonds. The molecule has 2 unspecified atom stereocenters. The van der Waals surface area contributed by atoms with Crippen molar-refractivity contribution in [2.75, 3.05) is 0 Å². The van der Waals surface area contributed by atoms with Crippen LogP contribution < -0.4 is 16.3 Å². The topological polar surface area (TPSA) is 85.8 Å². The first-order chi connectivity index (χ1) is 10.1. The van der Waals surface area contributed by atoms with Crippen LogP contribution in [0.4, 0.5) is 0 Å². The van der Waals surface area contributed by atoms with Crippen LogP contribution in [0.1, 0.15) is 32.3 Å². The standard InChI is InChI=1S/C15H22N4O2/c1-10-14(11(2)18-17-10)7-8-15(21)19-16-9-12-3-5-13(20)6-4-12/h3-6,9-11,14,17-18,20H,7-8H2,1-2H3,(H,19,21)/b16-9+. The first kappa shape index (κ1) is 15.5. The zero-order valence-electron chi connectivity index (χ0n) is 12.3. The van der Waals surface area contributed by atoms with Crippen molar-refractivity contribution >= 4 is 12.1 Å². The number of phenolic OH excluding ortho intramolecular Hbond substituents is 1. The number of rotatable bonds is 5. The molecule has 1 heterocycles. The van der Waals surface area contributed by atoms with Gasteiger partial charge < -0.3 is 5.11 Å². The number of nitrogens with zero attached hydrogens (tertiary/aromatic N) is 1. The van der Waals surface area contributed by atoms with Gasteiger partial charge in [0.15, 0.2) is 0 Å². The molecule has 6 nitrogen and oxygen atoms in total. The van der Waals surface area contributed by atoms with Crippen LogP contribution in [-0.4, -0.2) is 29.3 Å². The second-order valence-corrected chi connectivity index (χ2v) is 5.45. The summed E-state index contributed by atoms with van der Waals surface area (Å²) in [5.74, 6) is 0.561. The second kappa shape index (κ2) is 7.19. The molecule has 1 saturated heterocycles. The third-order valence-electron chi connectivity index (χ3n) is 3.82. The quantitative estimate of drug-likeness (QED) is 0.483. The van der Waals surface area contributed by atoms with Crippen molar-refractivity contribution in [1.82, 2.24) is 16.3 Å². The Bertz CT molecular complexity index is 491. The highest BCUT2D eigenvalue weighted by Gasteiger charge is 2.29. The van der Waals surface area contributed by atoms with Crippen LogP contribution in [0, 0.1) is 5.92 Å². The van der Waals surface area contributed by atoms with Gasteiger partial charge in [0, 0.05) is 18.5 Å². The van der Waals surface area contributed by atoms with Gasteiger partial charge in [0.2, 0.25) is 5.91 Å². The minimum atomic E-state index is -0.0867.